The van der Waals surface area contributed by atoms with Crippen molar-refractivity contribution in [3.63, 3.8) is 0 Å². The van der Waals surface area contributed by atoms with Crippen LogP contribution in [0.3, 0.4) is 0 Å². The molecule has 4 nitrogen and oxygen atoms in total. The second kappa shape index (κ2) is 5.48. The molecule has 1 atom stereocenters. The van der Waals surface area contributed by atoms with E-state index in [2.05, 4.69) is 0 Å². The Morgan fingerprint density at radius 3 is 2.32 bits per heavy atom. The third-order valence-corrected chi connectivity index (χ3v) is 4.84. The number of nitrogens with two attached hydrogens (primary N) is 1. The first-order valence-corrected chi connectivity index (χ1v) is 6.90. The van der Waals surface area contributed by atoms with Crippen LogP contribution < -0.4 is 5.73 Å². The number of rotatable bonds is 4. The lowest BCUT2D eigenvalue weighted by atomic mass is 10.2. The Hall–Kier alpha value is -1.12. The molecule has 0 aromatic heterocycles. The van der Waals surface area contributed by atoms with Crippen LogP contribution in [0.5, 0.6) is 0 Å². The van der Waals surface area contributed by atoms with Crippen LogP contribution in [0.4, 0.5) is 13.2 Å². The van der Waals surface area contributed by atoms with E-state index in [4.69, 9.17) is 5.73 Å². The summed E-state index contributed by atoms with van der Waals surface area (Å²) in [7, 11) is -3.02. The summed E-state index contributed by atoms with van der Waals surface area (Å²) in [6.07, 6.45) is -4.73. The van der Waals surface area contributed by atoms with Gasteiger partial charge in [0.15, 0.2) is 0 Å². The lowest BCUT2D eigenvalue weighted by molar-refractivity contribution is -0.139. The van der Waals surface area contributed by atoms with Gasteiger partial charge in [-0.05, 0) is 19.1 Å². The lowest BCUT2D eigenvalue weighted by Crippen LogP contribution is -2.40. The molecule has 19 heavy (non-hydrogen) atoms. The van der Waals surface area contributed by atoms with Crippen molar-refractivity contribution in [2.24, 2.45) is 5.73 Å². The van der Waals surface area contributed by atoms with Gasteiger partial charge in [-0.1, -0.05) is 12.1 Å². The van der Waals surface area contributed by atoms with Crippen LogP contribution in [0.15, 0.2) is 29.2 Å². The van der Waals surface area contributed by atoms with Crippen LogP contribution in [-0.2, 0) is 16.2 Å². The van der Waals surface area contributed by atoms with E-state index in [-0.39, 0.29) is 6.54 Å². The summed E-state index contributed by atoms with van der Waals surface area (Å²) < 4.78 is 63.6. The predicted molar refractivity (Wildman–Crippen MR) is 64.9 cm³/mol. The fourth-order valence-corrected chi connectivity index (χ4v) is 3.05. The maximum Gasteiger partial charge on any atom is 0.417 e. The van der Waals surface area contributed by atoms with Gasteiger partial charge in [0.05, 0.1) is 10.5 Å². The molecule has 0 saturated carbocycles. The SMILES string of the molecule is CC(CN)N(C)S(=O)(=O)c1ccccc1C(F)(F)F. The molecule has 0 radical (unpaired) electrons. The number of likely N-dealkylation sites (N-methyl/N-ethyl adjacent to an activating group) is 1. The van der Waals surface area contributed by atoms with Gasteiger partial charge in [-0.2, -0.15) is 17.5 Å². The van der Waals surface area contributed by atoms with E-state index in [1.807, 2.05) is 0 Å². The molecule has 8 heteroatoms. The van der Waals surface area contributed by atoms with Gasteiger partial charge in [-0.15, -0.1) is 0 Å². The second-order valence-corrected chi connectivity index (χ2v) is 6.07. The lowest BCUT2D eigenvalue weighted by Gasteiger charge is -2.24. The molecule has 0 amide bonds. The first-order chi connectivity index (χ1) is 8.62. The highest BCUT2D eigenvalue weighted by Gasteiger charge is 2.38. The van der Waals surface area contributed by atoms with Crippen molar-refractivity contribution in [1.82, 2.24) is 4.31 Å². The fourth-order valence-electron chi connectivity index (χ4n) is 1.47. The summed E-state index contributed by atoms with van der Waals surface area (Å²) in [5.74, 6) is 0. The molecule has 2 N–H and O–H groups in total. The van der Waals surface area contributed by atoms with Crippen LogP contribution in [-0.4, -0.2) is 32.4 Å². The van der Waals surface area contributed by atoms with Crippen molar-refractivity contribution >= 4 is 10.0 Å². The Balaban J connectivity index is 3.38. The summed E-state index contributed by atoms with van der Waals surface area (Å²) in [6.45, 7) is 1.54. The van der Waals surface area contributed by atoms with Crippen LogP contribution in [0, 0.1) is 0 Å². The Kier molecular flexibility index (Phi) is 4.59. The Morgan fingerprint density at radius 2 is 1.84 bits per heavy atom. The summed E-state index contributed by atoms with van der Waals surface area (Å²) >= 11 is 0. The number of hydrogen-bond acceptors (Lipinski definition) is 3. The van der Waals surface area contributed by atoms with Crippen LogP contribution in [0.1, 0.15) is 12.5 Å². The quantitative estimate of drug-likeness (QED) is 0.919. The number of sulfonamides is 1. The molecule has 0 spiro atoms. The zero-order valence-electron chi connectivity index (χ0n) is 10.5. The van der Waals surface area contributed by atoms with E-state index in [1.54, 1.807) is 0 Å². The summed E-state index contributed by atoms with van der Waals surface area (Å²) in [6, 6.07) is 3.49. The van der Waals surface area contributed by atoms with Gasteiger partial charge in [-0.25, -0.2) is 8.42 Å². The maximum atomic E-state index is 12.8. The average molecular weight is 296 g/mol. The molecule has 0 heterocycles. The smallest absolute Gasteiger partial charge is 0.329 e. The van der Waals surface area contributed by atoms with Gasteiger partial charge in [0.1, 0.15) is 0 Å². The minimum absolute atomic E-state index is 0.0178. The Labute approximate surface area is 110 Å². The van der Waals surface area contributed by atoms with Gasteiger partial charge >= 0.3 is 6.18 Å². The third-order valence-electron chi connectivity index (χ3n) is 2.81. The first-order valence-electron chi connectivity index (χ1n) is 5.46. The molecule has 108 valence electrons. The molecule has 1 unspecified atom stereocenters. The monoisotopic (exact) mass is 296 g/mol. The van der Waals surface area contributed by atoms with E-state index >= 15 is 0 Å². The van der Waals surface area contributed by atoms with Crippen LogP contribution in [0.25, 0.3) is 0 Å². The number of alkyl halides is 3. The largest absolute Gasteiger partial charge is 0.417 e. The standard InChI is InChI=1S/C11H15F3N2O2S/c1-8(7-15)16(2)19(17,18)10-6-4-3-5-9(10)11(12,13)14/h3-6,8H,7,15H2,1-2H3. The molecule has 1 aromatic rings. The van der Waals surface area contributed by atoms with Gasteiger partial charge < -0.3 is 5.73 Å². The van der Waals surface area contributed by atoms with Crippen LogP contribution in [0.2, 0.25) is 0 Å². The first kappa shape index (κ1) is 15.9. The number of halogens is 3. The van der Waals surface area contributed by atoms with Crippen molar-refractivity contribution in [2.75, 3.05) is 13.6 Å². The molecule has 0 bridgehead atoms. The number of hydrogen-bond donors (Lipinski definition) is 1. The normalized spacial score (nSPS) is 14.7. The van der Waals surface area contributed by atoms with Gasteiger partial charge in [0.25, 0.3) is 0 Å². The molecule has 1 rings (SSSR count). The summed E-state index contributed by atoms with van der Waals surface area (Å²) in [5.41, 5.74) is 4.17. The van der Waals surface area contributed by atoms with E-state index in [0.29, 0.717) is 0 Å². The minimum Gasteiger partial charge on any atom is -0.329 e. The average Bonchev–Trinajstić information content (AvgIpc) is 2.35. The Morgan fingerprint density at radius 1 is 1.32 bits per heavy atom. The highest BCUT2D eigenvalue weighted by molar-refractivity contribution is 7.89. The molecule has 1 aromatic carbocycles. The minimum atomic E-state index is -4.73. The maximum absolute atomic E-state index is 12.8. The number of benzene rings is 1. The fraction of sp³-hybridized carbons (Fsp3) is 0.455. The van der Waals surface area contributed by atoms with E-state index in [9.17, 15) is 21.6 Å². The van der Waals surface area contributed by atoms with Gasteiger partial charge in [-0.3, -0.25) is 0 Å². The second-order valence-electron chi connectivity index (χ2n) is 4.10. The molecular formula is C11H15F3N2O2S. The van der Waals surface area contributed by atoms with Crippen molar-refractivity contribution < 1.29 is 21.6 Å². The highest BCUT2D eigenvalue weighted by atomic mass is 32.2. The number of nitrogens with zero attached hydrogens (tertiary/aromatic N) is 1. The zero-order valence-corrected chi connectivity index (χ0v) is 11.3. The van der Waals surface area contributed by atoms with Gasteiger partial charge in [0, 0.05) is 19.6 Å². The summed E-state index contributed by atoms with van der Waals surface area (Å²) in [4.78, 5) is -0.759. The molecular weight excluding hydrogens is 281 g/mol. The van der Waals surface area contributed by atoms with Crippen molar-refractivity contribution in [1.29, 1.82) is 0 Å². The molecule has 0 aliphatic carbocycles. The zero-order chi connectivity index (χ0) is 14.8. The molecule has 0 aliphatic rings. The van der Waals surface area contributed by atoms with E-state index in [1.165, 1.54) is 20.0 Å². The third kappa shape index (κ3) is 3.26. The van der Waals surface area contributed by atoms with Crippen molar-refractivity contribution in [3.05, 3.63) is 29.8 Å². The molecule has 0 fully saturated rings. The molecule has 0 saturated heterocycles. The van der Waals surface area contributed by atoms with Crippen molar-refractivity contribution in [2.45, 2.75) is 24.0 Å². The predicted octanol–water partition coefficient (Wildman–Crippen LogP) is 1.67. The Bertz CT molecular complexity index is 543. The van der Waals surface area contributed by atoms with Crippen molar-refractivity contribution in [3.8, 4) is 0 Å². The summed E-state index contributed by atoms with van der Waals surface area (Å²) in [5, 5.41) is 0. The van der Waals surface area contributed by atoms with E-state index in [0.717, 1.165) is 22.5 Å². The topological polar surface area (TPSA) is 63.4 Å². The van der Waals surface area contributed by atoms with Gasteiger partial charge in [0.2, 0.25) is 10.0 Å². The van der Waals surface area contributed by atoms with E-state index < -0.39 is 32.7 Å². The van der Waals surface area contributed by atoms with Crippen LogP contribution >= 0.6 is 0 Å². The molecule has 0 aliphatic heterocycles. The highest BCUT2D eigenvalue weighted by Crippen LogP contribution is 2.35.